The van der Waals surface area contributed by atoms with Gasteiger partial charge in [-0.1, -0.05) is 6.07 Å². The predicted octanol–water partition coefficient (Wildman–Crippen LogP) is 3.35. The van der Waals surface area contributed by atoms with Gasteiger partial charge in [0, 0.05) is 37.8 Å². The Bertz CT molecular complexity index is 1150. The number of hydrogen-bond acceptors (Lipinski definition) is 7. The highest BCUT2D eigenvalue weighted by Crippen LogP contribution is 2.50. The van der Waals surface area contributed by atoms with Crippen molar-refractivity contribution in [3.63, 3.8) is 0 Å². The van der Waals surface area contributed by atoms with Crippen molar-refractivity contribution < 1.29 is 28.5 Å². The largest absolute Gasteiger partial charge is 0.493 e. The van der Waals surface area contributed by atoms with Crippen LogP contribution in [0.4, 0.5) is 10.5 Å². The van der Waals surface area contributed by atoms with Crippen LogP contribution in [0.2, 0.25) is 0 Å². The molecular formula is C28H38N4O6. The lowest BCUT2D eigenvalue weighted by molar-refractivity contribution is -0.119. The second kappa shape index (κ2) is 12.8. The number of hydrogen-bond donors (Lipinski definition) is 3. The molecule has 0 spiro atoms. The Hall–Kier alpha value is -3.50. The van der Waals surface area contributed by atoms with Gasteiger partial charge < -0.3 is 34.9 Å². The molecule has 38 heavy (non-hydrogen) atoms. The minimum atomic E-state index is -0.263. The summed E-state index contributed by atoms with van der Waals surface area (Å²) in [6.07, 6.45) is 2.23. The van der Waals surface area contributed by atoms with Crippen molar-refractivity contribution in [2.45, 2.75) is 32.2 Å². The number of rotatable bonds is 9. The molecule has 2 aliphatic rings. The van der Waals surface area contributed by atoms with E-state index in [1.165, 1.54) is 6.92 Å². The monoisotopic (exact) mass is 526 g/mol. The molecular weight excluding hydrogens is 488 g/mol. The van der Waals surface area contributed by atoms with E-state index in [-0.39, 0.29) is 18.0 Å². The number of nitrogens with zero attached hydrogens (tertiary/aromatic N) is 1. The van der Waals surface area contributed by atoms with E-state index in [1.54, 1.807) is 21.3 Å². The van der Waals surface area contributed by atoms with Crippen LogP contribution < -0.4 is 30.2 Å². The van der Waals surface area contributed by atoms with E-state index in [2.05, 4.69) is 20.9 Å². The van der Waals surface area contributed by atoms with Gasteiger partial charge in [-0.25, -0.2) is 4.79 Å². The molecule has 1 aliphatic heterocycles. The number of methoxy groups -OCH3 is 3. The molecule has 1 atom stereocenters. The van der Waals surface area contributed by atoms with Gasteiger partial charge in [0.25, 0.3) is 0 Å². The van der Waals surface area contributed by atoms with Crippen molar-refractivity contribution in [2.24, 2.45) is 0 Å². The van der Waals surface area contributed by atoms with Crippen LogP contribution in [-0.2, 0) is 16.0 Å². The summed E-state index contributed by atoms with van der Waals surface area (Å²) < 4.78 is 22.4. The summed E-state index contributed by atoms with van der Waals surface area (Å²) in [6.45, 7) is 6.42. The first-order chi connectivity index (χ1) is 18.4. The first-order valence-electron chi connectivity index (χ1n) is 13.0. The number of fused-ring (bicyclic) bond motifs is 3. The molecule has 0 bridgehead atoms. The fourth-order valence-corrected chi connectivity index (χ4v) is 5.21. The Morgan fingerprint density at radius 3 is 2.50 bits per heavy atom. The molecule has 0 aromatic heterocycles. The highest BCUT2D eigenvalue weighted by Gasteiger charge is 2.29. The van der Waals surface area contributed by atoms with Crippen LogP contribution in [0.25, 0.3) is 11.1 Å². The number of anilines is 1. The third-order valence-corrected chi connectivity index (χ3v) is 6.99. The number of nitrogens with one attached hydrogen (secondary N) is 3. The number of urea groups is 1. The van der Waals surface area contributed by atoms with E-state index < -0.39 is 0 Å². The van der Waals surface area contributed by atoms with E-state index in [0.717, 1.165) is 61.5 Å². The lowest BCUT2D eigenvalue weighted by Gasteiger charge is -2.26. The quantitative estimate of drug-likeness (QED) is 0.430. The van der Waals surface area contributed by atoms with Gasteiger partial charge >= 0.3 is 6.03 Å². The highest BCUT2D eigenvalue weighted by molar-refractivity contribution is 5.91. The summed E-state index contributed by atoms with van der Waals surface area (Å²) in [7, 11) is 4.78. The molecule has 1 aliphatic carbocycles. The van der Waals surface area contributed by atoms with Crippen LogP contribution in [0.5, 0.6) is 17.2 Å². The van der Waals surface area contributed by atoms with Crippen molar-refractivity contribution in [3.05, 3.63) is 35.4 Å². The Balaban J connectivity index is 1.57. The van der Waals surface area contributed by atoms with Gasteiger partial charge in [-0.2, -0.15) is 0 Å². The van der Waals surface area contributed by atoms with Crippen LogP contribution in [-0.4, -0.2) is 77.6 Å². The lowest BCUT2D eigenvalue weighted by atomic mass is 9.93. The van der Waals surface area contributed by atoms with Crippen molar-refractivity contribution in [3.8, 4) is 28.4 Å². The molecule has 4 rings (SSSR count). The van der Waals surface area contributed by atoms with Gasteiger partial charge in [-0.05, 0) is 60.7 Å². The van der Waals surface area contributed by atoms with Crippen molar-refractivity contribution in [1.29, 1.82) is 0 Å². The molecule has 2 aromatic carbocycles. The predicted molar refractivity (Wildman–Crippen MR) is 145 cm³/mol. The number of carbonyl (C=O) groups is 2. The van der Waals surface area contributed by atoms with E-state index in [4.69, 9.17) is 18.9 Å². The number of ether oxygens (including phenoxy) is 4. The van der Waals surface area contributed by atoms with Gasteiger partial charge in [-0.15, -0.1) is 0 Å². The SMILES string of the molecule is COc1cc2c(c(OC)c1OC)-c1ccc(NC(=O)NCCCN3CCOCC3)cc1[C@@H](NC(C)=O)CC2. The normalized spacial score (nSPS) is 16.9. The Morgan fingerprint density at radius 1 is 1.05 bits per heavy atom. The summed E-state index contributed by atoms with van der Waals surface area (Å²) in [5.74, 6) is 1.55. The molecule has 3 amide bonds. The van der Waals surface area contributed by atoms with E-state index in [1.807, 2.05) is 24.3 Å². The van der Waals surface area contributed by atoms with E-state index in [0.29, 0.717) is 42.3 Å². The first kappa shape index (κ1) is 27.5. The van der Waals surface area contributed by atoms with Gasteiger partial charge in [0.15, 0.2) is 11.5 Å². The maximum atomic E-state index is 12.6. The van der Waals surface area contributed by atoms with E-state index in [9.17, 15) is 9.59 Å². The fraction of sp³-hybridized carbons (Fsp3) is 0.500. The van der Waals surface area contributed by atoms with Gasteiger partial charge in [0.1, 0.15) is 0 Å². The number of benzene rings is 2. The molecule has 0 radical (unpaired) electrons. The molecule has 2 aromatic rings. The molecule has 1 fully saturated rings. The van der Waals surface area contributed by atoms with Gasteiger partial charge in [0.05, 0.1) is 40.6 Å². The van der Waals surface area contributed by atoms with Crippen LogP contribution in [0, 0.1) is 0 Å². The lowest BCUT2D eigenvalue weighted by Crippen LogP contribution is -2.38. The maximum absolute atomic E-state index is 12.6. The Labute approximate surface area is 224 Å². The molecule has 10 nitrogen and oxygen atoms in total. The summed E-state index contributed by atoms with van der Waals surface area (Å²) in [4.78, 5) is 27.1. The van der Waals surface area contributed by atoms with Crippen LogP contribution >= 0.6 is 0 Å². The van der Waals surface area contributed by atoms with Crippen molar-refractivity contribution >= 4 is 17.6 Å². The number of aryl methyl sites for hydroxylation is 1. The molecule has 3 N–H and O–H groups in total. The third-order valence-electron chi connectivity index (χ3n) is 6.99. The average Bonchev–Trinajstić information content (AvgIpc) is 3.06. The zero-order chi connectivity index (χ0) is 27.1. The summed E-state index contributed by atoms with van der Waals surface area (Å²) in [5, 5.41) is 8.96. The zero-order valence-corrected chi connectivity index (χ0v) is 22.6. The molecule has 1 saturated heterocycles. The second-order valence-electron chi connectivity index (χ2n) is 9.46. The standard InChI is InChI=1S/C28H38N4O6/c1-18(33)30-23-9-6-19-16-24(35-2)26(36-3)27(37-4)25(19)21-8-7-20(17-22(21)23)31-28(34)29-10-5-11-32-12-14-38-15-13-32/h7-8,16-17,23H,5-6,9-15H2,1-4H3,(H,30,33)(H2,29,31,34)/t23-/m0/s1. The first-order valence-corrected chi connectivity index (χ1v) is 13.0. The molecule has 0 saturated carbocycles. The summed E-state index contributed by atoms with van der Waals surface area (Å²) >= 11 is 0. The van der Waals surface area contributed by atoms with Gasteiger partial charge in [0.2, 0.25) is 11.7 Å². The Kier molecular flexibility index (Phi) is 9.30. The Morgan fingerprint density at radius 2 is 1.82 bits per heavy atom. The van der Waals surface area contributed by atoms with Gasteiger partial charge in [-0.3, -0.25) is 9.69 Å². The average molecular weight is 527 g/mol. The minimum absolute atomic E-state index is 0.120. The molecule has 10 heteroatoms. The molecule has 0 unspecified atom stereocenters. The number of amides is 3. The van der Waals surface area contributed by atoms with Crippen LogP contribution in [0.1, 0.15) is 36.9 Å². The fourth-order valence-electron chi connectivity index (χ4n) is 5.21. The van der Waals surface area contributed by atoms with Crippen molar-refractivity contribution in [2.75, 3.05) is 66.0 Å². The second-order valence-corrected chi connectivity index (χ2v) is 9.46. The highest BCUT2D eigenvalue weighted by atomic mass is 16.5. The third kappa shape index (κ3) is 6.31. The molecule has 1 heterocycles. The number of carbonyl (C=O) groups excluding carboxylic acids is 2. The minimum Gasteiger partial charge on any atom is -0.493 e. The molecule has 206 valence electrons. The summed E-state index contributed by atoms with van der Waals surface area (Å²) in [5.41, 5.74) is 4.38. The summed E-state index contributed by atoms with van der Waals surface area (Å²) in [6, 6.07) is 7.21. The van der Waals surface area contributed by atoms with Crippen LogP contribution in [0.3, 0.4) is 0 Å². The zero-order valence-electron chi connectivity index (χ0n) is 22.6. The van der Waals surface area contributed by atoms with Crippen LogP contribution in [0.15, 0.2) is 24.3 Å². The smallest absolute Gasteiger partial charge is 0.319 e. The number of morpholine rings is 1. The van der Waals surface area contributed by atoms with E-state index >= 15 is 0 Å². The topological polar surface area (TPSA) is 110 Å². The maximum Gasteiger partial charge on any atom is 0.319 e. The van der Waals surface area contributed by atoms with Crippen molar-refractivity contribution in [1.82, 2.24) is 15.5 Å².